The van der Waals surface area contributed by atoms with Gasteiger partial charge < -0.3 is 0 Å². The molecule has 0 radical (unpaired) electrons. The number of halogens is 1. The first-order valence-corrected chi connectivity index (χ1v) is 11.7. The predicted octanol–water partition coefficient (Wildman–Crippen LogP) is 8.45. The van der Waals surface area contributed by atoms with Crippen LogP contribution in [0, 0.1) is 35.0 Å². The van der Waals surface area contributed by atoms with Crippen molar-refractivity contribution < 1.29 is 4.39 Å². The number of hydrogen-bond donors (Lipinski definition) is 0. The summed E-state index contributed by atoms with van der Waals surface area (Å²) in [5, 5.41) is 8.38. The van der Waals surface area contributed by atoms with Gasteiger partial charge in [-0.3, -0.25) is 0 Å². The lowest BCUT2D eigenvalue weighted by molar-refractivity contribution is 0.239. The van der Waals surface area contributed by atoms with Crippen LogP contribution in [0.5, 0.6) is 0 Å². The number of allylic oxidation sites excluding steroid dienone is 5. The van der Waals surface area contributed by atoms with E-state index in [0.29, 0.717) is 0 Å². The van der Waals surface area contributed by atoms with Gasteiger partial charge in [-0.25, -0.2) is 0 Å². The Hall–Kier alpha value is -1.36. The highest BCUT2D eigenvalue weighted by molar-refractivity contribution is 5.18. The van der Waals surface area contributed by atoms with E-state index in [4.69, 9.17) is 5.26 Å². The highest BCUT2D eigenvalue weighted by Gasteiger charge is 2.29. The molecule has 0 atom stereocenters. The summed E-state index contributed by atoms with van der Waals surface area (Å²) in [5.74, 6) is 2.60. The van der Waals surface area contributed by atoms with Crippen LogP contribution in [0.1, 0.15) is 96.8 Å². The predicted molar refractivity (Wildman–Crippen MR) is 117 cm³/mol. The first-order valence-electron chi connectivity index (χ1n) is 11.7. The lowest BCUT2D eigenvalue weighted by Crippen LogP contribution is -2.23. The Labute approximate surface area is 172 Å². The molecule has 0 heterocycles. The van der Waals surface area contributed by atoms with Gasteiger partial charge in [0, 0.05) is 0 Å². The topological polar surface area (TPSA) is 23.8 Å². The normalized spacial score (nSPS) is 29.0. The van der Waals surface area contributed by atoms with E-state index in [1.54, 1.807) is 11.6 Å². The number of nitrogens with zero attached hydrogens (tertiary/aromatic N) is 1. The first-order chi connectivity index (χ1) is 13.6. The van der Waals surface area contributed by atoms with Crippen LogP contribution >= 0.6 is 0 Å². The van der Waals surface area contributed by atoms with Gasteiger partial charge in [0.25, 0.3) is 0 Å². The van der Waals surface area contributed by atoms with E-state index in [0.717, 1.165) is 30.1 Å². The Morgan fingerprint density at radius 1 is 0.964 bits per heavy atom. The molecule has 28 heavy (non-hydrogen) atoms. The van der Waals surface area contributed by atoms with E-state index < -0.39 is 5.83 Å². The summed E-state index contributed by atoms with van der Waals surface area (Å²) in [6, 6.07) is 1.50. The van der Waals surface area contributed by atoms with Crippen LogP contribution in [0.2, 0.25) is 0 Å². The molecule has 156 valence electrons. The minimum absolute atomic E-state index is 0.717. The van der Waals surface area contributed by atoms with Crippen molar-refractivity contribution in [3.05, 3.63) is 36.2 Å². The van der Waals surface area contributed by atoms with Crippen molar-refractivity contribution in [2.75, 3.05) is 0 Å². The van der Waals surface area contributed by atoms with Crippen molar-refractivity contribution in [2.24, 2.45) is 23.7 Å². The van der Waals surface area contributed by atoms with E-state index in [9.17, 15) is 4.39 Å². The van der Waals surface area contributed by atoms with Crippen molar-refractivity contribution in [2.45, 2.75) is 96.8 Å². The van der Waals surface area contributed by atoms with Crippen LogP contribution in [0.15, 0.2) is 36.2 Å². The molecule has 0 unspecified atom stereocenters. The molecule has 2 aliphatic rings. The van der Waals surface area contributed by atoms with Crippen LogP contribution in [0.3, 0.4) is 0 Å². The van der Waals surface area contributed by atoms with E-state index in [1.165, 1.54) is 95.6 Å². The molecule has 0 aromatic heterocycles. The number of nitriles is 1. The maximum Gasteiger partial charge on any atom is 0.199 e. The maximum absolute atomic E-state index is 12.7. The molecule has 2 saturated carbocycles. The van der Waals surface area contributed by atoms with E-state index in [2.05, 4.69) is 13.5 Å². The Bertz CT molecular complexity index is 551. The highest BCUT2D eigenvalue weighted by atomic mass is 19.1. The number of unbranched alkanes of at least 4 members (excludes halogenated alkanes) is 2. The molecule has 0 bridgehead atoms. The molecule has 2 heteroatoms. The standard InChI is InChI=1S/C26H40FN/c1-3-4-6-9-22-12-16-24(17-13-22)21(2)25-18-14-23(15-19-25)10-7-5-8-11-26(27)20-28/h5,8,11,22-25H,2-4,6-7,9-10,12-19H2,1H3. The summed E-state index contributed by atoms with van der Waals surface area (Å²) >= 11 is 0. The van der Waals surface area contributed by atoms with Crippen molar-refractivity contribution in [1.29, 1.82) is 5.26 Å². The lowest BCUT2D eigenvalue weighted by Gasteiger charge is -2.36. The molecule has 2 rings (SSSR count). The molecule has 0 N–H and O–H groups in total. The fraction of sp³-hybridized carbons (Fsp3) is 0.731. The van der Waals surface area contributed by atoms with Gasteiger partial charge in [-0.1, -0.05) is 56.9 Å². The third-order valence-corrected chi connectivity index (χ3v) is 7.19. The second kappa shape index (κ2) is 13.0. The molecule has 1 nitrogen and oxygen atoms in total. The SMILES string of the molecule is C=C(C1CCC(CCC=CC=C(F)C#N)CC1)C1CCC(CCCCC)CC1. The largest absolute Gasteiger partial charge is 0.199 e. The molecular weight excluding hydrogens is 345 g/mol. The summed E-state index contributed by atoms with van der Waals surface area (Å²) in [4.78, 5) is 0. The molecule has 0 saturated heterocycles. The number of rotatable bonds is 10. The molecule has 0 aromatic carbocycles. The summed E-state index contributed by atoms with van der Waals surface area (Å²) in [5.41, 5.74) is 1.57. The zero-order valence-electron chi connectivity index (χ0n) is 18.0. The minimum atomic E-state index is -0.717. The average Bonchev–Trinajstić information content (AvgIpc) is 2.74. The highest BCUT2D eigenvalue weighted by Crippen LogP contribution is 2.42. The quantitative estimate of drug-likeness (QED) is 0.160. The maximum atomic E-state index is 12.7. The van der Waals surface area contributed by atoms with Crippen molar-refractivity contribution >= 4 is 0 Å². The summed E-state index contributed by atoms with van der Waals surface area (Å²) in [7, 11) is 0. The summed E-state index contributed by atoms with van der Waals surface area (Å²) < 4.78 is 12.7. The van der Waals surface area contributed by atoms with Crippen LogP contribution in [0.4, 0.5) is 4.39 Å². The Morgan fingerprint density at radius 3 is 2.07 bits per heavy atom. The van der Waals surface area contributed by atoms with Gasteiger partial charge in [-0.2, -0.15) is 9.65 Å². The summed E-state index contributed by atoms with van der Waals surface area (Å²) in [6.45, 7) is 6.85. The van der Waals surface area contributed by atoms with E-state index in [-0.39, 0.29) is 0 Å². The van der Waals surface area contributed by atoms with Crippen molar-refractivity contribution in [3.8, 4) is 6.07 Å². The first kappa shape index (κ1) is 22.9. The fourth-order valence-electron chi connectivity index (χ4n) is 5.28. The zero-order valence-corrected chi connectivity index (χ0v) is 18.0. The van der Waals surface area contributed by atoms with Crippen LogP contribution < -0.4 is 0 Å². The van der Waals surface area contributed by atoms with Gasteiger partial charge in [-0.15, -0.1) is 0 Å². The van der Waals surface area contributed by atoms with Crippen molar-refractivity contribution in [3.63, 3.8) is 0 Å². The molecule has 0 aromatic rings. The lowest BCUT2D eigenvalue weighted by atomic mass is 9.70. The third kappa shape index (κ3) is 7.94. The third-order valence-electron chi connectivity index (χ3n) is 7.19. The summed E-state index contributed by atoms with van der Waals surface area (Å²) in [6.07, 6.45) is 23.5. The second-order valence-corrected chi connectivity index (χ2v) is 9.14. The molecule has 2 aliphatic carbocycles. The van der Waals surface area contributed by atoms with Gasteiger partial charge in [-0.05, 0) is 94.0 Å². The van der Waals surface area contributed by atoms with Crippen LogP contribution in [0.25, 0.3) is 0 Å². The molecule has 0 spiro atoms. The average molecular weight is 386 g/mol. The number of hydrogen-bond acceptors (Lipinski definition) is 1. The molecule has 0 aliphatic heterocycles. The van der Waals surface area contributed by atoms with Crippen molar-refractivity contribution in [1.82, 2.24) is 0 Å². The molecule has 2 fully saturated rings. The van der Waals surface area contributed by atoms with E-state index in [1.807, 2.05) is 6.08 Å². The van der Waals surface area contributed by atoms with Crippen LogP contribution in [-0.2, 0) is 0 Å². The Balaban J connectivity index is 1.62. The molecular formula is C26H40FN. The van der Waals surface area contributed by atoms with Gasteiger partial charge in [0.2, 0.25) is 0 Å². The monoisotopic (exact) mass is 385 g/mol. The zero-order chi connectivity index (χ0) is 20.2. The van der Waals surface area contributed by atoms with Gasteiger partial charge in [0.05, 0.1) is 0 Å². The fourth-order valence-corrected chi connectivity index (χ4v) is 5.28. The molecule has 0 amide bonds. The van der Waals surface area contributed by atoms with E-state index >= 15 is 0 Å². The Kier molecular flexibility index (Phi) is 10.6. The smallest absolute Gasteiger partial charge is 0.195 e. The Morgan fingerprint density at radius 2 is 1.54 bits per heavy atom. The van der Waals surface area contributed by atoms with Gasteiger partial charge >= 0.3 is 0 Å². The van der Waals surface area contributed by atoms with Gasteiger partial charge in [0.1, 0.15) is 6.07 Å². The van der Waals surface area contributed by atoms with Crippen LogP contribution in [-0.4, -0.2) is 0 Å². The van der Waals surface area contributed by atoms with Gasteiger partial charge in [0.15, 0.2) is 5.83 Å². The second-order valence-electron chi connectivity index (χ2n) is 9.14. The minimum Gasteiger partial charge on any atom is -0.195 e.